The topological polar surface area (TPSA) is 85.3 Å². The van der Waals surface area contributed by atoms with Gasteiger partial charge in [-0.3, -0.25) is 19.9 Å². The molecule has 0 aromatic heterocycles. The second-order valence-electron chi connectivity index (χ2n) is 7.88. The third-order valence-corrected chi connectivity index (χ3v) is 6.45. The normalized spacial score (nSPS) is 15.3. The van der Waals surface area contributed by atoms with Crippen LogP contribution >= 0.6 is 11.8 Å². The van der Waals surface area contributed by atoms with Crippen molar-refractivity contribution in [3.05, 3.63) is 30.3 Å². The maximum absolute atomic E-state index is 13.1. The van der Waals surface area contributed by atoms with Crippen LogP contribution in [0.15, 0.2) is 35.2 Å². The first kappa shape index (κ1) is 24.3. The Kier molecular flexibility index (Phi) is 10.2. The molecule has 3 N–H and O–H groups in total. The first-order valence-electron chi connectivity index (χ1n) is 11.2. The Morgan fingerprint density at radius 1 is 1.10 bits per heavy atom. The fourth-order valence-electron chi connectivity index (χ4n) is 3.68. The van der Waals surface area contributed by atoms with E-state index in [9.17, 15) is 9.59 Å². The molecule has 7 heteroatoms. The summed E-state index contributed by atoms with van der Waals surface area (Å²) in [5, 5.41) is 14.4. The molecule has 1 aromatic carbocycles. The molecule has 166 valence electrons. The second-order valence-corrected chi connectivity index (χ2v) is 8.93. The summed E-state index contributed by atoms with van der Waals surface area (Å²) >= 11 is 1.52. The molecule has 2 rings (SSSR count). The van der Waals surface area contributed by atoms with E-state index in [2.05, 4.69) is 24.5 Å². The van der Waals surface area contributed by atoms with Crippen molar-refractivity contribution in [2.75, 3.05) is 18.8 Å². The van der Waals surface area contributed by atoms with Crippen LogP contribution < -0.4 is 10.6 Å². The van der Waals surface area contributed by atoms with E-state index in [1.54, 1.807) is 4.90 Å². The third kappa shape index (κ3) is 7.04. The smallest absolute Gasteiger partial charge is 0.255 e. The third-order valence-electron chi connectivity index (χ3n) is 5.44. The lowest BCUT2D eigenvalue weighted by Crippen LogP contribution is -2.47. The minimum atomic E-state index is -0.591. The molecule has 0 bridgehead atoms. The summed E-state index contributed by atoms with van der Waals surface area (Å²) in [6.07, 6.45) is 7.17. The summed E-state index contributed by atoms with van der Waals surface area (Å²) < 4.78 is 0. The molecule has 1 aromatic rings. The fraction of sp³-hybridized carbons (Fsp3) is 0.609. The quantitative estimate of drug-likeness (QED) is 0.304. The van der Waals surface area contributed by atoms with Crippen molar-refractivity contribution < 1.29 is 9.59 Å². The summed E-state index contributed by atoms with van der Waals surface area (Å²) in [6.45, 7) is 5.37. The maximum atomic E-state index is 13.1. The van der Waals surface area contributed by atoms with E-state index in [-0.39, 0.29) is 17.8 Å². The molecule has 6 nitrogen and oxygen atoms in total. The van der Waals surface area contributed by atoms with Crippen molar-refractivity contribution >= 4 is 29.5 Å². The lowest BCUT2D eigenvalue weighted by Gasteiger charge is -2.27. The number of benzene rings is 1. The molecule has 0 spiro atoms. The molecule has 0 aliphatic carbocycles. The molecule has 0 radical (unpaired) electrons. The highest BCUT2D eigenvalue weighted by Crippen LogP contribution is 2.29. The van der Waals surface area contributed by atoms with Gasteiger partial charge in [0.1, 0.15) is 5.54 Å². The zero-order chi connectivity index (χ0) is 21.8. The minimum absolute atomic E-state index is 0.0219. The summed E-state index contributed by atoms with van der Waals surface area (Å²) in [7, 11) is 0. The van der Waals surface area contributed by atoms with Crippen LogP contribution in [0.1, 0.15) is 65.2 Å². The van der Waals surface area contributed by atoms with Crippen LogP contribution in [0.3, 0.4) is 0 Å². The van der Waals surface area contributed by atoms with Gasteiger partial charge in [0.25, 0.3) is 5.91 Å². The molecule has 0 saturated carbocycles. The lowest BCUT2D eigenvalue weighted by atomic mass is 9.87. The second kappa shape index (κ2) is 12.6. The van der Waals surface area contributed by atoms with Gasteiger partial charge in [-0.15, -0.1) is 11.8 Å². The molecule has 0 atom stereocenters. The summed E-state index contributed by atoms with van der Waals surface area (Å²) in [5.74, 6) is 0.711. The summed E-state index contributed by atoms with van der Waals surface area (Å²) in [6, 6.07) is 9.88. The van der Waals surface area contributed by atoms with E-state index < -0.39 is 5.54 Å². The number of hydrogen-bond donors (Lipinski definition) is 3. The lowest BCUT2D eigenvalue weighted by molar-refractivity contribution is -0.131. The number of rotatable bonds is 14. The summed E-state index contributed by atoms with van der Waals surface area (Å²) in [5.41, 5.74) is -0.591. The van der Waals surface area contributed by atoms with Crippen LogP contribution in [0, 0.1) is 5.41 Å². The first-order chi connectivity index (χ1) is 14.5. The van der Waals surface area contributed by atoms with Gasteiger partial charge in [-0.2, -0.15) is 0 Å². The Morgan fingerprint density at radius 3 is 2.40 bits per heavy atom. The van der Waals surface area contributed by atoms with Crippen molar-refractivity contribution in [2.45, 2.75) is 75.6 Å². The molecule has 2 amide bonds. The number of nitrogens with one attached hydrogen (secondary N) is 3. The van der Waals surface area contributed by atoms with Gasteiger partial charge in [0.2, 0.25) is 5.91 Å². The van der Waals surface area contributed by atoms with Crippen LogP contribution in [-0.4, -0.2) is 47.1 Å². The molecule has 1 saturated heterocycles. The predicted molar refractivity (Wildman–Crippen MR) is 124 cm³/mol. The van der Waals surface area contributed by atoms with Crippen molar-refractivity contribution in [1.82, 2.24) is 15.5 Å². The van der Waals surface area contributed by atoms with Crippen molar-refractivity contribution in [3.8, 4) is 0 Å². The monoisotopic (exact) mass is 432 g/mol. The Bertz CT molecular complexity index is 688. The van der Waals surface area contributed by atoms with E-state index in [0.717, 1.165) is 56.3 Å². The molecule has 1 heterocycles. The number of carbonyl (C=O) groups is 2. The number of unbranched alkanes of at least 4 members (excludes halogenated alkanes) is 3. The fourth-order valence-corrected chi connectivity index (χ4v) is 4.43. The van der Waals surface area contributed by atoms with Gasteiger partial charge >= 0.3 is 0 Å². The van der Waals surface area contributed by atoms with Crippen molar-refractivity contribution in [3.63, 3.8) is 0 Å². The first-order valence-corrected chi connectivity index (χ1v) is 12.1. The Morgan fingerprint density at radius 2 is 1.77 bits per heavy atom. The number of amides is 2. The highest BCUT2D eigenvalue weighted by Gasteiger charge is 2.47. The Labute approximate surface area is 185 Å². The van der Waals surface area contributed by atoms with Gasteiger partial charge in [0, 0.05) is 18.0 Å². The van der Waals surface area contributed by atoms with Gasteiger partial charge in [0.15, 0.2) is 5.96 Å². The van der Waals surface area contributed by atoms with Crippen molar-refractivity contribution in [2.24, 2.45) is 0 Å². The minimum Gasteiger partial charge on any atom is -0.355 e. The van der Waals surface area contributed by atoms with E-state index >= 15 is 0 Å². The van der Waals surface area contributed by atoms with E-state index in [1.165, 1.54) is 11.8 Å². The average Bonchev–Trinajstić information content (AvgIpc) is 2.99. The largest absolute Gasteiger partial charge is 0.355 e. The van der Waals surface area contributed by atoms with E-state index in [4.69, 9.17) is 5.41 Å². The SMILES string of the molecule is CCCCC1(CCCC)NC(=N)N(CCCCNC(=O)CSc2ccccc2)C1=O. The number of hydrogen-bond acceptors (Lipinski definition) is 4. The van der Waals surface area contributed by atoms with Gasteiger partial charge < -0.3 is 10.6 Å². The van der Waals surface area contributed by atoms with Crippen LogP contribution in [0.5, 0.6) is 0 Å². The molecule has 30 heavy (non-hydrogen) atoms. The Balaban J connectivity index is 1.71. The van der Waals surface area contributed by atoms with Crippen LogP contribution in [-0.2, 0) is 9.59 Å². The van der Waals surface area contributed by atoms with Crippen LogP contribution in [0.25, 0.3) is 0 Å². The molecule has 1 aliphatic heterocycles. The van der Waals surface area contributed by atoms with E-state index in [1.807, 2.05) is 30.3 Å². The van der Waals surface area contributed by atoms with Gasteiger partial charge in [-0.25, -0.2) is 0 Å². The number of carbonyl (C=O) groups excluding carboxylic acids is 2. The van der Waals surface area contributed by atoms with Gasteiger partial charge in [-0.05, 0) is 37.8 Å². The highest BCUT2D eigenvalue weighted by atomic mass is 32.2. The molecule has 1 fully saturated rings. The molecule has 1 aliphatic rings. The molecule has 0 unspecified atom stereocenters. The molecular weight excluding hydrogens is 396 g/mol. The van der Waals surface area contributed by atoms with Crippen LogP contribution in [0.2, 0.25) is 0 Å². The highest BCUT2D eigenvalue weighted by molar-refractivity contribution is 8.00. The standard InChI is InChI=1S/C23H36N4O2S/c1-3-5-14-23(15-6-4-2)21(29)27(22(24)26-23)17-11-10-16-25-20(28)18-30-19-12-8-7-9-13-19/h7-9,12-13H,3-6,10-11,14-18H2,1-2H3,(H2,24,26)(H,25,28). The zero-order valence-electron chi connectivity index (χ0n) is 18.3. The molecular formula is C23H36N4O2S. The van der Waals surface area contributed by atoms with Crippen LogP contribution in [0.4, 0.5) is 0 Å². The summed E-state index contributed by atoms with van der Waals surface area (Å²) in [4.78, 5) is 27.8. The van der Waals surface area contributed by atoms with Crippen molar-refractivity contribution in [1.29, 1.82) is 5.41 Å². The predicted octanol–water partition coefficient (Wildman–Crippen LogP) is 4.16. The maximum Gasteiger partial charge on any atom is 0.255 e. The van der Waals surface area contributed by atoms with Gasteiger partial charge in [0.05, 0.1) is 5.75 Å². The average molecular weight is 433 g/mol. The zero-order valence-corrected chi connectivity index (χ0v) is 19.2. The number of thioether (sulfide) groups is 1. The Hall–Kier alpha value is -2.02. The van der Waals surface area contributed by atoms with Gasteiger partial charge in [-0.1, -0.05) is 57.7 Å². The number of guanidine groups is 1. The number of nitrogens with zero attached hydrogens (tertiary/aromatic N) is 1. The van der Waals surface area contributed by atoms with E-state index in [0.29, 0.717) is 18.8 Å².